The minimum absolute atomic E-state index is 0.0885. The SMILES string of the molecule is CC(CNS(=O)(=O)C(C)C)c1ccc(-c2csc(C=O)c2)cc1. The molecule has 0 aliphatic carbocycles. The van der Waals surface area contributed by atoms with Crippen molar-refractivity contribution in [3.05, 3.63) is 46.2 Å². The first-order chi connectivity index (χ1) is 10.8. The number of sulfonamides is 1. The number of nitrogens with one attached hydrogen (secondary N) is 1. The van der Waals surface area contributed by atoms with Crippen LogP contribution in [0.25, 0.3) is 11.1 Å². The summed E-state index contributed by atoms with van der Waals surface area (Å²) in [7, 11) is -3.23. The Labute approximate surface area is 141 Å². The Morgan fingerprint density at radius 3 is 2.30 bits per heavy atom. The van der Waals surface area contributed by atoms with E-state index in [9.17, 15) is 13.2 Å². The first-order valence-electron chi connectivity index (χ1n) is 7.46. The van der Waals surface area contributed by atoms with Crippen LogP contribution in [0.15, 0.2) is 35.7 Å². The Morgan fingerprint density at radius 1 is 1.13 bits per heavy atom. The molecule has 1 aromatic carbocycles. The Hall–Kier alpha value is -1.50. The van der Waals surface area contributed by atoms with Gasteiger partial charge in [0.25, 0.3) is 0 Å². The van der Waals surface area contributed by atoms with Crippen LogP contribution in [0, 0.1) is 0 Å². The molecule has 23 heavy (non-hydrogen) atoms. The minimum atomic E-state index is -3.23. The molecule has 0 radical (unpaired) electrons. The van der Waals surface area contributed by atoms with E-state index in [2.05, 4.69) is 4.72 Å². The molecule has 0 aliphatic heterocycles. The summed E-state index contributed by atoms with van der Waals surface area (Å²) in [6, 6.07) is 9.87. The lowest BCUT2D eigenvalue weighted by Gasteiger charge is -2.15. The van der Waals surface area contributed by atoms with Crippen molar-refractivity contribution in [3.8, 4) is 11.1 Å². The number of carbonyl (C=O) groups is 1. The minimum Gasteiger partial charge on any atom is -0.297 e. The van der Waals surface area contributed by atoms with Gasteiger partial charge < -0.3 is 0 Å². The summed E-state index contributed by atoms with van der Waals surface area (Å²) < 4.78 is 26.2. The maximum absolute atomic E-state index is 11.8. The van der Waals surface area contributed by atoms with Crippen molar-refractivity contribution < 1.29 is 13.2 Å². The lowest BCUT2D eigenvalue weighted by atomic mass is 9.98. The van der Waals surface area contributed by atoms with E-state index in [0.29, 0.717) is 11.4 Å². The second kappa shape index (κ2) is 7.38. The van der Waals surface area contributed by atoms with Gasteiger partial charge >= 0.3 is 0 Å². The van der Waals surface area contributed by atoms with Crippen LogP contribution in [0.5, 0.6) is 0 Å². The average molecular weight is 351 g/mol. The molecule has 124 valence electrons. The van der Waals surface area contributed by atoms with Gasteiger partial charge in [0.1, 0.15) is 0 Å². The van der Waals surface area contributed by atoms with Crippen molar-refractivity contribution in [2.75, 3.05) is 6.54 Å². The fraction of sp³-hybridized carbons (Fsp3) is 0.353. The van der Waals surface area contributed by atoms with E-state index in [1.807, 2.05) is 42.6 Å². The van der Waals surface area contributed by atoms with E-state index < -0.39 is 15.3 Å². The van der Waals surface area contributed by atoms with Crippen molar-refractivity contribution >= 4 is 27.6 Å². The quantitative estimate of drug-likeness (QED) is 0.774. The van der Waals surface area contributed by atoms with Crippen molar-refractivity contribution in [3.63, 3.8) is 0 Å². The van der Waals surface area contributed by atoms with E-state index >= 15 is 0 Å². The van der Waals surface area contributed by atoms with Crippen LogP contribution in [0.2, 0.25) is 0 Å². The maximum atomic E-state index is 11.8. The third-order valence-electron chi connectivity index (χ3n) is 3.76. The standard InChI is InChI=1S/C17H21NO3S2/c1-12(2)23(20,21)18-9-13(3)14-4-6-15(7-5-14)16-8-17(10-19)22-11-16/h4-8,10-13,18H,9H2,1-3H3. The van der Waals surface area contributed by atoms with E-state index in [4.69, 9.17) is 0 Å². The van der Waals surface area contributed by atoms with Gasteiger partial charge in [-0.1, -0.05) is 31.2 Å². The molecule has 1 unspecified atom stereocenters. The molecule has 0 saturated carbocycles. The topological polar surface area (TPSA) is 63.2 Å². The molecule has 0 spiro atoms. The molecule has 1 N–H and O–H groups in total. The van der Waals surface area contributed by atoms with Gasteiger partial charge in [-0.05, 0) is 47.9 Å². The van der Waals surface area contributed by atoms with Crippen molar-refractivity contribution in [2.45, 2.75) is 31.9 Å². The van der Waals surface area contributed by atoms with Gasteiger partial charge in [0, 0.05) is 6.54 Å². The van der Waals surface area contributed by atoms with Gasteiger partial charge in [-0.25, -0.2) is 13.1 Å². The van der Waals surface area contributed by atoms with Crippen LogP contribution < -0.4 is 4.72 Å². The van der Waals surface area contributed by atoms with Crippen LogP contribution in [-0.2, 0) is 10.0 Å². The van der Waals surface area contributed by atoms with Gasteiger partial charge in [0.2, 0.25) is 10.0 Å². The van der Waals surface area contributed by atoms with Crippen molar-refractivity contribution in [1.29, 1.82) is 0 Å². The third-order valence-corrected chi connectivity index (χ3v) is 6.43. The van der Waals surface area contributed by atoms with E-state index in [1.54, 1.807) is 13.8 Å². The lowest BCUT2D eigenvalue weighted by molar-refractivity contribution is 0.112. The van der Waals surface area contributed by atoms with Gasteiger partial charge in [-0.3, -0.25) is 4.79 Å². The highest BCUT2D eigenvalue weighted by Crippen LogP contribution is 2.26. The van der Waals surface area contributed by atoms with Crippen LogP contribution >= 0.6 is 11.3 Å². The second-order valence-electron chi connectivity index (χ2n) is 5.82. The Balaban J connectivity index is 2.05. The Morgan fingerprint density at radius 2 is 1.78 bits per heavy atom. The molecule has 2 aromatic rings. The third kappa shape index (κ3) is 4.50. The molecule has 0 aliphatic rings. The number of hydrogen-bond acceptors (Lipinski definition) is 4. The summed E-state index contributed by atoms with van der Waals surface area (Å²) >= 11 is 1.42. The molecule has 0 amide bonds. The molecule has 4 nitrogen and oxygen atoms in total. The Kier molecular flexibility index (Phi) is 5.73. The fourth-order valence-corrected chi connectivity index (χ4v) is 3.63. The number of hydrogen-bond donors (Lipinski definition) is 1. The molecule has 0 fully saturated rings. The molecule has 1 heterocycles. The number of benzene rings is 1. The van der Waals surface area contributed by atoms with Crippen LogP contribution in [0.3, 0.4) is 0 Å². The van der Waals surface area contributed by atoms with Gasteiger partial charge in [-0.15, -0.1) is 11.3 Å². The van der Waals surface area contributed by atoms with Crippen LogP contribution in [0.1, 0.15) is 41.9 Å². The average Bonchev–Trinajstić information content (AvgIpc) is 3.01. The number of rotatable bonds is 7. The largest absolute Gasteiger partial charge is 0.297 e. The molecule has 1 aromatic heterocycles. The molecule has 0 saturated heterocycles. The number of thiophene rings is 1. The highest BCUT2D eigenvalue weighted by molar-refractivity contribution is 7.90. The normalized spacial score (nSPS) is 13.2. The summed E-state index contributed by atoms with van der Waals surface area (Å²) in [5.41, 5.74) is 3.15. The summed E-state index contributed by atoms with van der Waals surface area (Å²) in [5, 5.41) is 1.53. The predicted octanol–water partition coefficient (Wildman–Crippen LogP) is 3.66. The van der Waals surface area contributed by atoms with Crippen molar-refractivity contribution in [2.24, 2.45) is 0 Å². The highest BCUT2D eigenvalue weighted by Gasteiger charge is 2.17. The van der Waals surface area contributed by atoms with E-state index in [1.165, 1.54) is 11.3 Å². The Bertz CT molecular complexity index is 761. The predicted molar refractivity (Wildman–Crippen MR) is 95.6 cm³/mol. The highest BCUT2D eigenvalue weighted by atomic mass is 32.2. The molecular weight excluding hydrogens is 330 g/mol. The number of carbonyl (C=O) groups excluding carboxylic acids is 1. The van der Waals surface area contributed by atoms with Crippen LogP contribution in [-0.4, -0.2) is 26.5 Å². The van der Waals surface area contributed by atoms with E-state index in [0.717, 1.165) is 23.0 Å². The molecule has 2 rings (SSSR count). The van der Waals surface area contributed by atoms with Gasteiger partial charge in [0.15, 0.2) is 6.29 Å². The zero-order valence-corrected chi connectivity index (χ0v) is 15.1. The smallest absolute Gasteiger partial charge is 0.213 e. The second-order valence-corrected chi connectivity index (χ2v) is 9.09. The summed E-state index contributed by atoms with van der Waals surface area (Å²) in [5.74, 6) is 0.0885. The first-order valence-corrected chi connectivity index (χ1v) is 9.88. The molecule has 0 bridgehead atoms. The summed E-state index contributed by atoms with van der Waals surface area (Å²) in [6.45, 7) is 5.70. The summed E-state index contributed by atoms with van der Waals surface area (Å²) in [6.07, 6.45) is 0.853. The first kappa shape index (κ1) is 17.8. The fourth-order valence-electron chi connectivity index (χ4n) is 2.10. The number of aldehydes is 1. The van der Waals surface area contributed by atoms with E-state index in [-0.39, 0.29) is 5.92 Å². The van der Waals surface area contributed by atoms with Crippen molar-refractivity contribution in [1.82, 2.24) is 4.72 Å². The summed E-state index contributed by atoms with van der Waals surface area (Å²) in [4.78, 5) is 11.5. The van der Waals surface area contributed by atoms with Crippen LogP contribution in [0.4, 0.5) is 0 Å². The lowest BCUT2D eigenvalue weighted by Crippen LogP contribution is -2.33. The monoisotopic (exact) mass is 351 g/mol. The molecular formula is C17H21NO3S2. The van der Waals surface area contributed by atoms with Gasteiger partial charge in [0.05, 0.1) is 10.1 Å². The molecule has 1 atom stereocenters. The molecule has 6 heteroatoms. The maximum Gasteiger partial charge on any atom is 0.213 e. The zero-order valence-electron chi connectivity index (χ0n) is 13.4. The zero-order chi connectivity index (χ0) is 17.0. The van der Waals surface area contributed by atoms with Gasteiger partial charge in [-0.2, -0.15) is 0 Å².